The molecule has 0 aliphatic carbocycles. The molecule has 0 aliphatic heterocycles. The molecule has 1 unspecified atom stereocenters. The van der Waals surface area contributed by atoms with Crippen LogP contribution in [0.3, 0.4) is 0 Å². The molecule has 0 saturated heterocycles. The van der Waals surface area contributed by atoms with Crippen molar-refractivity contribution < 1.29 is 19.2 Å². The van der Waals surface area contributed by atoms with E-state index >= 15 is 0 Å². The van der Waals surface area contributed by atoms with Gasteiger partial charge in [0.1, 0.15) is 5.75 Å². The molecule has 0 saturated carbocycles. The Labute approximate surface area is 130 Å². The molecular weight excluding hydrogens is 344 g/mol. The summed E-state index contributed by atoms with van der Waals surface area (Å²) in [6.07, 6.45) is -0.0546. The molecular formula is C13H17BrN2O5. The highest BCUT2D eigenvalue weighted by Crippen LogP contribution is 2.30. The van der Waals surface area contributed by atoms with E-state index in [1.165, 1.54) is 18.2 Å². The number of methoxy groups -OCH3 is 1. The largest absolute Gasteiger partial charge is 0.479 e. The van der Waals surface area contributed by atoms with Crippen molar-refractivity contribution in [2.75, 3.05) is 20.3 Å². The third kappa shape index (κ3) is 5.68. The molecule has 1 rings (SSSR count). The average Bonchev–Trinajstić information content (AvgIpc) is 2.45. The quantitative estimate of drug-likeness (QED) is 0.436. The first-order chi connectivity index (χ1) is 9.95. The summed E-state index contributed by atoms with van der Waals surface area (Å²) in [5, 5.41) is 13.4. The second kappa shape index (κ2) is 8.58. The first kappa shape index (κ1) is 17.4. The molecule has 8 heteroatoms. The van der Waals surface area contributed by atoms with E-state index in [0.717, 1.165) is 0 Å². The Balaban J connectivity index is 2.61. The Hall–Kier alpha value is -1.67. The molecule has 21 heavy (non-hydrogen) atoms. The van der Waals surface area contributed by atoms with Gasteiger partial charge in [-0.1, -0.05) is 0 Å². The van der Waals surface area contributed by atoms with Crippen LogP contribution >= 0.6 is 15.9 Å². The van der Waals surface area contributed by atoms with Crippen LogP contribution < -0.4 is 10.1 Å². The smallest absolute Gasteiger partial charge is 0.273 e. The van der Waals surface area contributed by atoms with Crippen LogP contribution in [-0.2, 0) is 9.53 Å². The van der Waals surface area contributed by atoms with E-state index in [1.54, 1.807) is 14.0 Å². The number of nitro benzene ring substituents is 1. The van der Waals surface area contributed by atoms with E-state index in [-0.39, 0.29) is 17.3 Å². The van der Waals surface area contributed by atoms with Crippen molar-refractivity contribution in [3.63, 3.8) is 0 Å². The molecule has 0 radical (unpaired) electrons. The SMILES string of the molecule is COCCCNC(=O)C(C)Oc1cc([N+](=O)[O-])ccc1Br. The Morgan fingerprint density at radius 3 is 2.86 bits per heavy atom. The fourth-order valence-electron chi connectivity index (χ4n) is 1.51. The van der Waals surface area contributed by atoms with Crippen LogP contribution in [0.2, 0.25) is 0 Å². The van der Waals surface area contributed by atoms with Crippen molar-refractivity contribution in [3.8, 4) is 5.75 Å². The number of amides is 1. The van der Waals surface area contributed by atoms with Crippen LogP contribution in [0.5, 0.6) is 5.75 Å². The number of non-ortho nitro benzene ring substituents is 1. The maximum atomic E-state index is 11.8. The number of benzene rings is 1. The molecule has 1 aromatic carbocycles. The average molecular weight is 361 g/mol. The van der Waals surface area contributed by atoms with Crippen LogP contribution in [0.25, 0.3) is 0 Å². The van der Waals surface area contributed by atoms with E-state index in [9.17, 15) is 14.9 Å². The highest BCUT2D eigenvalue weighted by Gasteiger charge is 2.17. The normalized spacial score (nSPS) is 11.8. The molecule has 1 aromatic rings. The lowest BCUT2D eigenvalue weighted by Crippen LogP contribution is -2.37. The third-order valence-corrected chi connectivity index (χ3v) is 3.28. The zero-order valence-electron chi connectivity index (χ0n) is 11.8. The molecule has 0 fully saturated rings. The number of hydrogen-bond donors (Lipinski definition) is 1. The van der Waals surface area contributed by atoms with Gasteiger partial charge in [-0.3, -0.25) is 14.9 Å². The summed E-state index contributed by atoms with van der Waals surface area (Å²) in [5.41, 5.74) is -0.0964. The molecule has 116 valence electrons. The Kier molecular flexibility index (Phi) is 7.10. The fraction of sp³-hybridized carbons (Fsp3) is 0.462. The summed E-state index contributed by atoms with van der Waals surface area (Å²) >= 11 is 3.23. The van der Waals surface area contributed by atoms with E-state index < -0.39 is 11.0 Å². The summed E-state index contributed by atoms with van der Waals surface area (Å²) in [6.45, 7) is 2.62. The number of ether oxygens (including phenoxy) is 2. The van der Waals surface area contributed by atoms with Crippen molar-refractivity contribution in [3.05, 3.63) is 32.8 Å². The summed E-state index contributed by atoms with van der Waals surface area (Å²) < 4.78 is 10.9. The van der Waals surface area contributed by atoms with Gasteiger partial charge in [0.2, 0.25) is 0 Å². The van der Waals surface area contributed by atoms with Gasteiger partial charge in [0, 0.05) is 26.3 Å². The van der Waals surface area contributed by atoms with E-state index in [0.29, 0.717) is 24.0 Å². The predicted octanol–water partition coefficient (Wildman–Crippen LogP) is 2.28. The van der Waals surface area contributed by atoms with Crippen LogP contribution in [0, 0.1) is 10.1 Å². The molecule has 1 N–H and O–H groups in total. The minimum absolute atomic E-state index is 0.0964. The lowest BCUT2D eigenvalue weighted by Gasteiger charge is -2.15. The molecule has 0 bridgehead atoms. The molecule has 0 aliphatic rings. The highest BCUT2D eigenvalue weighted by molar-refractivity contribution is 9.10. The summed E-state index contributed by atoms with van der Waals surface area (Å²) in [6, 6.07) is 4.14. The highest BCUT2D eigenvalue weighted by atomic mass is 79.9. The van der Waals surface area contributed by atoms with Crippen LogP contribution in [0.4, 0.5) is 5.69 Å². The number of nitro groups is 1. The monoisotopic (exact) mass is 360 g/mol. The second-order valence-electron chi connectivity index (χ2n) is 4.27. The minimum atomic E-state index is -0.758. The van der Waals surface area contributed by atoms with Crippen molar-refractivity contribution in [1.82, 2.24) is 5.32 Å². The van der Waals surface area contributed by atoms with Crippen LogP contribution in [0.1, 0.15) is 13.3 Å². The number of carbonyl (C=O) groups is 1. The van der Waals surface area contributed by atoms with E-state index in [1.807, 2.05) is 0 Å². The van der Waals surface area contributed by atoms with E-state index in [2.05, 4.69) is 21.2 Å². The van der Waals surface area contributed by atoms with Crippen molar-refractivity contribution in [2.45, 2.75) is 19.4 Å². The second-order valence-corrected chi connectivity index (χ2v) is 5.12. The Bertz CT molecular complexity index is 509. The van der Waals surface area contributed by atoms with Gasteiger partial charge in [0.25, 0.3) is 11.6 Å². The lowest BCUT2D eigenvalue weighted by atomic mass is 10.3. The molecule has 7 nitrogen and oxygen atoms in total. The number of carbonyl (C=O) groups excluding carboxylic acids is 1. The maximum absolute atomic E-state index is 11.8. The van der Waals surface area contributed by atoms with Crippen molar-refractivity contribution in [1.29, 1.82) is 0 Å². The standard InChI is InChI=1S/C13H17BrN2O5/c1-9(13(17)15-6-3-7-20-2)21-12-8-10(16(18)19)4-5-11(12)14/h4-5,8-9H,3,6-7H2,1-2H3,(H,15,17). The number of rotatable bonds is 8. The maximum Gasteiger partial charge on any atom is 0.273 e. The zero-order valence-corrected chi connectivity index (χ0v) is 13.4. The first-order valence-corrected chi connectivity index (χ1v) is 7.12. The van der Waals surface area contributed by atoms with Gasteiger partial charge in [-0.25, -0.2) is 0 Å². The van der Waals surface area contributed by atoms with Crippen molar-refractivity contribution in [2.24, 2.45) is 0 Å². The van der Waals surface area contributed by atoms with Gasteiger partial charge in [-0.15, -0.1) is 0 Å². The van der Waals surface area contributed by atoms with Crippen molar-refractivity contribution >= 4 is 27.5 Å². The summed E-state index contributed by atoms with van der Waals surface area (Å²) in [5.74, 6) is -0.0340. The first-order valence-electron chi connectivity index (χ1n) is 6.33. The van der Waals surface area contributed by atoms with Gasteiger partial charge >= 0.3 is 0 Å². The molecule has 1 amide bonds. The molecule has 0 aromatic heterocycles. The van der Waals surface area contributed by atoms with Gasteiger partial charge < -0.3 is 14.8 Å². The van der Waals surface area contributed by atoms with Crippen LogP contribution in [0.15, 0.2) is 22.7 Å². The number of hydrogen-bond acceptors (Lipinski definition) is 5. The van der Waals surface area contributed by atoms with Gasteiger partial charge in [0.15, 0.2) is 6.10 Å². The summed E-state index contributed by atoms with van der Waals surface area (Å²) in [4.78, 5) is 22.0. The van der Waals surface area contributed by atoms with Gasteiger partial charge in [-0.05, 0) is 35.3 Å². The van der Waals surface area contributed by atoms with E-state index in [4.69, 9.17) is 9.47 Å². The molecule has 1 atom stereocenters. The Morgan fingerprint density at radius 2 is 2.24 bits per heavy atom. The molecule has 0 heterocycles. The fourth-order valence-corrected chi connectivity index (χ4v) is 1.85. The van der Waals surface area contributed by atoms with Crippen LogP contribution in [-0.4, -0.2) is 37.2 Å². The predicted molar refractivity (Wildman–Crippen MR) is 80.4 cm³/mol. The lowest BCUT2D eigenvalue weighted by molar-refractivity contribution is -0.385. The topological polar surface area (TPSA) is 90.7 Å². The number of nitrogens with one attached hydrogen (secondary N) is 1. The third-order valence-electron chi connectivity index (χ3n) is 2.62. The van der Waals surface area contributed by atoms with Gasteiger partial charge in [0.05, 0.1) is 15.5 Å². The number of nitrogens with zero attached hydrogens (tertiary/aromatic N) is 1. The minimum Gasteiger partial charge on any atom is -0.479 e. The zero-order chi connectivity index (χ0) is 15.8. The number of halogens is 1. The summed E-state index contributed by atoms with van der Waals surface area (Å²) in [7, 11) is 1.59. The Morgan fingerprint density at radius 1 is 1.52 bits per heavy atom. The van der Waals surface area contributed by atoms with Gasteiger partial charge in [-0.2, -0.15) is 0 Å². The molecule has 0 spiro atoms.